The molecule has 2 aromatic carbocycles. The first-order valence-electron chi connectivity index (χ1n) is 23.4. The average molecular weight is 941 g/mol. The molecular formula is C50H54F2N12O5. The molecule has 0 amide bonds. The number of hydrogen-bond donors (Lipinski definition) is 2. The summed E-state index contributed by atoms with van der Waals surface area (Å²) < 4.78 is 39.3. The van der Waals surface area contributed by atoms with Crippen molar-refractivity contribution in [1.82, 2.24) is 44.4 Å². The van der Waals surface area contributed by atoms with Crippen LogP contribution < -0.4 is 32.0 Å². The third-order valence-electron chi connectivity index (χ3n) is 13.6. The highest BCUT2D eigenvalue weighted by atomic mass is 19.1. The second kappa shape index (κ2) is 19.7. The van der Waals surface area contributed by atoms with Gasteiger partial charge in [0.25, 0.3) is 11.1 Å². The summed E-state index contributed by atoms with van der Waals surface area (Å²) in [5.41, 5.74) is 10.8. The molecule has 0 radical (unpaired) electrons. The number of aldehydes is 1. The van der Waals surface area contributed by atoms with Crippen LogP contribution in [0.1, 0.15) is 60.0 Å². The number of aromatic nitrogens is 8. The Balaban J connectivity index is 0.000000136. The van der Waals surface area contributed by atoms with Gasteiger partial charge in [0, 0.05) is 68.9 Å². The summed E-state index contributed by atoms with van der Waals surface area (Å²) in [5, 5.41) is 3.60. The summed E-state index contributed by atoms with van der Waals surface area (Å²) in [4.78, 5) is 66.1. The lowest BCUT2D eigenvalue weighted by Gasteiger charge is -2.55. The maximum absolute atomic E-state index is 13.2. The Labute approximate surface area is 396 Å². The molecule has 0 unspecified atom stereocenters. The van der Waals surface area contributed by atoms with E-state index < -0.39 is 0 Å². The van der Waals surface area contributed by atoms with Gasteiger partial charge in [-0.3, -0.25) is 18.7 Å². The monoisotopic (exact) mass is 940 g/mol. The fraction of sp³-hybridized carbons (Fsp3) is 0.420. The molecule has 6 aromatic rings. The lowest BCUT2D eigenvalue weighted by Crippen LogP contribution is -2.67. The van der Waals surface area contributed by atoms with Gasteiger partial charge in [-0.25, -0.2) is 38.7 Å². The van der Waals surface area contributed by atoms with Crippen LogP contribution in [-0.4, -0.2) is 117 Å². The van der Waals surface area contributed by atoms with Crippen molar-refractivity contribution >= 4 is 17.9 Å². The van der Waals surface area contributed by atoms with Crippen LogP contribution in [0.25, 0.3) is 11.4 Å². The van der Waals surface area contributed by atoms with Gasteiger partial charge < -0.3 is 35.1 Å². The number of benzene rings is 2. The van der Waals surface area contributed by atoms with E-state index in [0.29, 0.717) is 65.5 Å². The third-order valence-corrected chi connectivity index (χ3v) is 13.6. The molecule has 4 aromatic heterocycles. The highest BCUT2D eigenvalue weighted by Gasteiger charge is 2.51. The standard InChI is InChI=1S/C25H27FN6O2.C16H17N5O3.C9H10FN/c26-18-5-3-17(4-6-18)21-8-22(21)29-7-1-2-19-11-32(20-9-27-16-28-10-20)24(33)23(30-19)31-12-25(13-31)14-34-15-25;22-3-1-2-12-6-21(13-4-17-11-18-5-13)15(23)14(19-12)20-7-16(8-20)9-24-10-16;10-7-3-1-6(2-4-7)8-5-9(8)11/h3-6,9-11,16,21-22,29H,1-2,7-8,12-15H2;3-6,11H,1-2,7-10H2;1-4,8-9H,5,11H2/t21-,22+;;8-,9+/m0.0/s1. The Bertz CT molecular complexity index is 2850. The molecule has 4 saturated heterocycles. The molecule has 2 aliphatic carbocycles. The molecule has 2 spiro atoms. The summed E-state index contributed by atoms with van der Waals surface area (Å²) in [6, 6.07) is 14.1. The van der Waals surface area contributed by atoms with Crippen LogP contribution in [0, 0.1) is 22.5 Å². The molecule has 0 bridgehead atoms. The zero-order valence-corrected chi connectivity index (χ0v) is 38.1. The van der Waals surface area contributed by atoms with Crippen LogP contribution >= 0.6 is 0 Å². The number of halogens is 2. The van der Waals surface area contributed by atoms with Crippen LogP contribution in [0.4, 0.5) is 20.4 Å². The van der Waals surface area contributed by atoms with Crippen molar-refractivity contribution in [3.8, 4) is 11.4 Å². The predicted molar refractivity (Wildman–Crippen MR) is 252 cm³/mol. The van der Waals surface area contributed by atoms with Crippen molar-refractivity contribution in [2.75, 3.05) is 69.0 Å². The van der Waals surface area contributed by atoms with Crippen LogP contribution in [0.15, 0.2) is 108 Å². The number of anilines is 2. The Hall–Kier alpha value is -6.67. The van der Waals surface area contributed by atoms with Gasteiger partial charge in [0.05, 0.1) is 84.8 Å². The van der Waals surface area contributed by atoms with E-state index in [9.17, 15) is 23.2 Å². The molecule has 69 heavy (non-hydrogen) atoms. The third kappa shape index (κ3) is 10.4. The van der Waals surface area contributed by atoms with Gasteiger partial charge in [-0.15, -0.1) is 0 Å². The number of carbonyl (C=O) groups is 1. The van der Waals surface area contributed by atoms with Crippen LogP contribution in [0.5, 0.6) is 0 Å². The molecule has 6 aliphatic rings. The minimum absolute atomic E-state index is 0.146. The number of nitrogens with one attached hydrogen (secondary N) is 1. The molecule has 358 valence electrons. The van der Waals surface area contributed by atoms with Crippen molar-refractivity contribution in [3.05, 3.63) is 153 Å². The molecule has 8 heterocycles. The van der Waals surface area contributed by atoms with E-state index >= 15 is 0 Å². The van der Waals surface area contributed by atoms with E-state index in [-0.39, 0.29) is 33.6 Å². The van der Waals surface area contributed by atoms with E-state index in [4.69, 9.17) is 20.2 Å². The van der Waals surface area contributed by atoms with Crippen molar-refractivity contribution in [2.45, 2.75) is 62.4 Å². The molecule has 19 heteroatoms. The second-order valence-corrected chi connectivity index (χ2v) is 19.2. The zero-order chi connectivity index (χ0) is 47.5. The number of nitrogens with two attached hydrogens (primary N) is 1. The minimum atomic E-state index is -0.199. The first kappa shape index (κ1) is 46.1. The van der Waals surface area contributed by atoms with Crippen molar-refractivity contribution < 1.29 is 23.0 Å². The van der Waals surface area contributed by atoms with Gasteiger partial charge in [-0.05, 0) is 74.0 Å². The molecule has 17 nitrogen and oxygen atoms in total. The normalized spacial score (nSPS) is 21.8. The first-order chi connectivity index (χ1) is 33.6. The van der Waals surface area contributed by atoms with Crippen LogP contribution in [0.3, 0.4) is 0 Å². The van der Waals surface area contributed by atoms with Gasteiger partial charge in [-0.1, -0.05) is 24.3 Å². The molecule has 12 rings (SSSR count). The van der Waals surface area contributed by atoms with Gasteiger partial charge in [0.2, 0.25) is 0 Å². The Morgan fingerprint density at radius 1 is 0.667 bits per heavy atom. The Kier molecular flexibility index (Phi) is 13.2. The minimum Gasteiger partial charge on any atom is -0.380 e. The van der Waals surface area contributed by atoms with Crippen LogP contribution in [0.2, 0.25) is 0 Å². The van der Waals surface area contributed by atoms with E-state index in [2.05, 4.69) is 35.1 Å². The zero-order valence-electron chi connectivity index (χ0n) is 38.1. The van der Waals surface area contributed by atoms with Gasteiger partial charge in [0.15, 0.2) is 11.6 Å². The average Bonchev–Trinajstić information content (AvgIpc) is 4.25. The summed E-state index contributed by atoms with van der Waals surface area (Å²) in [6.45, 7) is 7.03. The predicted octanol–water partition coefficient (Wildman–Crippen LogP) is 3.71. The highest BCUT2D eigenvalue weighted by Crippen LogP contribution is 2.42. The number of ether oxygens (including phenoxy) is 2. The van der Waals surface area contributed by atoms with E-state index in [0.717, 1.165) is 96.8 Å². The molecule has 4 atom stereocenters. The second-order valence-electron chi connectivity index (χ2n) is 19.2. The van der Waals surface area contributed by atoms with Crippen molar-refractivity contribution in [1.29, 1.82) is 0 Å². The topological polar surface area (TPSA) is 201 Å². The van der Waals surface area contributed by atoms with Gasteiger partial charge in [0.1, 0.15) is 30.6 Å². The maximum Gasteiger partial charge on any atom is 0.298 e. The largest absolute Gasteiger partial charge is 0.380 e. The fourth-order valence-corrected chi connectivity index (χ4v) is 9.47. The number of hydrogen-bond acceptors (Lipinski definition) is 15. The van der Waals surface area contributed by atoms with E-state index in [1.807, 2.05) is 35.4 Å². The summed E-state index contributed by atoms with van der Waals surface area (Å²) >= 11 is 0. The summed E-state index contributed by atoms with van der Waals surface area (Å²) in [5.74, 6) is 1.47. The maximum atomic E-state index is 13.2. The highest BCUT2D eigenvalue weighted by molar-refractivity contribution is 5.50. The first-order valence-corrected chi connectivity index (χ1v) is 23.4. The summed E-state index contributed by atoms with van der Waals surface area (Å²) in [7, 11) is 0. The smallest absolute Gasteiger partial charge is 0.298 e. The summed E-state index contributed by atoms with van der Waals surface area (Å²) in [6.07, 6.45) is 18.3. The number of carbonyl (C=O) groups excluding carboxylic acids is 1. The molecular weight excluding hydrogens is 887 g/mol. The molecule has 3 N–H and O–H groups in total. The lowest BCUT2D eigenvalue weighted by atomic mass is 9.78. The van der Waals surface area contributed by atoms with Gasteiger partial charge >= 0.3 is 0 Å². The fourth-order valence-electron chi connectivity index (χ4n) is 9.47. The number of rotatable bonds is 14. The SMILES string of the molecule is N[C@@H]1C[C@H]1c1ccc(F)cc1.O=CCCc1cn(-c2cncnc2)c(=O)c(N2CC3(COC3)C2)n1.O=c1c(N2CC3(COC3)C2)nc(CCCN[C@@H]2C[C@H]2c2ccc(F)cc2)cn1-c1cncnc1. The van der Waals surface area contributed by atoms with E-state index in [1.165, 1.54) is 52.6 Å². The Morgan fingerprint density at radius 2 is 1.12 bits per heavy atom. The van der Waals surface area contributed by atoms with E-state index in [1.54, 1.807) is 35.6 Å². The van der Waals surface area contributed by atoms with Crippen LogP contribution in [-0.2, 0) is 27.1 Å². The van der Waals surface area contributed by atoms with Gasteiger partial charge in [-0.2, -0.15) is 0 Å². The lowest BCUT2D eigenvalue weighted by molar-refractivity contribution is -0.127. The van der Waals surface area contributed by atoms with Crippen molar-refractivity contribution in [3.63, 3.8) is 0 Å². The number of nitrogens with zero attached hydrogens (tertiary/aromatic N) is 10. The molecule has 6 fully saturated rings. The quantitative estimate of drug-likeness (QED) is 0.118. The Morgan fingerprint density at radius 3 is 1.54 bits per heavy atom. The van der Waals surface area contributed by atoms with Crippen molar-refractivity contribution in [2.24, 2.45) is 16.6 Å². The number of aryl methyl sites for hydroxylation is 2. The molecule has 2 saturated carbocycles. The molecule has 4 aliphatic heterocycles.